The van der Waals surface area contributed by atoms with Crippen LogP contribution >= 0.6 is 0 Å². The maximum atomic E-state index is 12.7. The van der Waals surface area contributed by atoms with Gasteiger partial charge in [0.25, 0.3) is 5.91 Å². The van der Waals surface area contributed by atoms with Crippen molar-refractivity contribution in [2.24, 2.45) is 0 Å². The highest BCUT2D eigenvalue weighted by molar-refractivity contribution is 5.95. The van der Waals surface area contributed by atoms with Gasteiger partial charge in [0.15, 0.2) is 11.7 Å². The molecule has 1 fully saturated rings. The minimum Gasteiger partial charge on any atom is -0.354 e. The van der Waals surface area contributed by atoms with Crippen LogP contribution in [0.1, 0.15) is 41.1 Å². The number of aromatic nitrogens is 1. The number of carbonyl (C=O) groups excluding carboxylic acids is 1. The largest absolute Gasteiger partial charge is 0.354 e. The molecule has 1 amide bonds. The zero-order valence-electron chi connectivity index (χ0n) is 11.0. The quantitative estimate of drug-likeness (QED) is 0.694. The number of amides is 1. The van der Waals surface area contributed by atoms with Crippen LogP contribution in [-0.4, -0.2) is 34.3 Å². The van der Waals surface area contributed by atoms with Gasteiger partial charge in [-0.2, -0.15) is 0 Å². The molecular weight excluding hydrogens is 244 g/mol. The van der Waals surface area contributed by atoms with Gasteiger partial charge >= 0.3 is 0 Å². The summed E-state index contributed by atoms with van der Waals surface area (Å²) in [5.74, 6) is -0.0513. The Labute approximate surface area is 110 Å². The zero-order valence-corrected chi connectivity index (χ0v) is 11.0. The zero-order chi connectivity index (χ0) is 13.3. The number of fused-ring (bicyclic) bond motifs is 2. The Morgan fingerprint density at radius 3 is 2.95 bits per heavy atom. The molecule has 0 N–H and O–H groups in total. The average molecular weight is 260 g/mol. The van der Waals surface area contributed by atoms with Crippen LogP contribution in [0.2, 0.25) is 0 Å². The van der Waals surface area contributed by atoms with E-state index < -0.39 is 0 Å². The Morgan fingerprint density at radius 1 is 1.37 bits per heavy atom. The molecule has 0 aliphatic carbocycles. The van der Waals surface area contributed by atoms with Crippen molar-refractivity contribution in [1.82, 2.24) is 9.47 Å². The molecule has 4 rings (SSSR count). The fourth-order valence-electron chi connectivity index (χ4n) is 3.68. The number of aryl methyl sites for hydroxylation is 1. The van der Waals surface area contributed by atoms with E-state index in [2.05, 4.69) is 4.57 Å². The van der Waals surface area contributed by atoms with E-state index in [9.17, 15) is 9.59 Å². The van der Waals surface area contributed by atoms with Crippen molar-refractivity contribution in [3.05, 3.63) is 33.2 Å². The molecule has 0 radical (unpaired) electrons. The average Bonchev–Trinajstić information content (AvgIpc) is 2.94. The predicted octanol–water partition coefficient (Wildman–Crippen LogP) is 0.845. The first-order valence-electron chi connectivity index (χ1n) is 6.79. The maximum absolute atomic E-state index is 12.7. The second-order valence-electron chi connectivity index (χ2n) is 5.73. The van der Waals surface area contributed by atoms with E-state index in [1.165, 1.54) is 0 Å². The Kier molecular flexibility index (Phi) is 2.05. The van der Waals surface area contributed by atoms with Gasteiger partial charge in [-0.15, -0.1) is 0 Å². The molecule has 3 atom stereocenters. The number of carbonyl (C=O) groups is 1. The summed E-state index contributed by atoms with van der Waals surface area (Å²) < 4.78 is 7.86. The van der Waals surface area contributed by atoms with Crippen molar-refractivity contribution >= 4 is 5.91 Å². The first kappa shape index (κ1) is 11.2. The number of hydrogen-bond donors (Lipinski definition) is 0. The highest BCUT2D eigenvalue weighted by atomic mass is 16.5. The predicted molar refractivity (Wildman–Crippen MR) is 68.2 cm³/mol. The van der Waals surface area contributed by atoms with Gasteiger partial charge in [-0.1, -0.05) is 0 Å². The summed E-state index contributed by atoms with van der Waals surface area (Å²) in [4.78, 5) is 26.5. The Balaban J connectivity index is 2.02. The standard InChI is InChI=1S/C14H16N2O3/c1-7-6-19-14-10-4-3-9-5-11(17)8(2)12(16(9)10)13(18)15(7)14/h5,7,10,14H,3-4,6H2,1-2H3/t7-,10?,14?/m0/s1. The molecule has 19 heavy (non-hydrogen) atoms. The van der Waals surface area contributed by atoms with Gasteiger partial charge in [0, 0.05) is 17.3 Å². The lowest BCUT2D eigenvalue weighted by Crippen LogP contribution is -2.50. The summed E-state index contributed by atoms with van der Waals surface area (Å²) in [7, 11) is 0. The van der Waals surface area contributed by atoms with E-state index in [1.54, 1.807) is 13.0 Å². The first-order valence-corrected chi connectivity index (χ1v) is 6.79. The maximum Gasteiger partial charge on any atom is 0.273 e. The number of nitrogens with zero attached hydrogens (tertiary/aromatic N) is 2. The van der Waals surface area contributed by atoms with Gasteiger partial charge < -0.3 is 14.2 Å². The van der Waals surface area contributed by atoms with Crippen molar-refractivity contribution in [2.45, 2.75) is 45.0 Å². The molecule has 0 saturated carbocycles. The highest BCUT2D eigenvalue weighted by Gasteiger charge is 2.49. The SMILES string of the molecule is Cc1c2n3c(cc1=O)CCC3C1OC[C@H](C)N1C2=O. The third-order valence-electron chi connectivity index (χ3n) is 4.62. The summed E-state index contributed by atoms with van der Waals surface area (Å²) in [5.41, 5.74) is 2.10. The van der Waals surface area contributed by atoms with Crippen molar-refractivity contribution in [3.63, 3.8) is 0 Å². The summed E-state index contributed by atoms with van der Waals surface area (Å²) in [6, 6.07) is 1.94. The monoisotopic (exact) mass is 260 g/mol. The van der Waals surface area contributed by atoms with E-state index in [1.807, 2.05) is 11.8 Å². The second-order valence-corrected chi connectivity index (χ2v) is 5.73. The Morgan fingerprint density at radius 2 is 2.16 bits per heavy atom. The number of pyridine rings is 1. The van der Waals surface area contributed by atoms with Crippen LogP contribution in [-0.2, 0) is 11.2 Å². The molecule has 2 unspecified atom stereocenters. The van der Waals surface area contributed by atoms with E-state index >= 15 is 0 Å². The summed E-state index contributed by atoms with van der Waals surface area (Å²) in [6.07, 6.45) is 1.64. The van der Waals surface area contributed by atoms with E-state index in [0.717, 1.165) is 18.5 Å². The summed E-state index contributed by atoms with van der Waals surface area (Å²) >= 11 is 0. The summed E-state index contributed by atoms with van der Waals surface area (Å²) in [5, 5.41) is 0. The lowest BCUT2D eigenvalue weighted by molar-refractivity contribution is -0.0141. The van der Waals surface area contributed by atoms with Crippen LogP contribution in [0.15, 0.2) is 10.9 Å². The smallest absolute Gasteiger partial charge is 0.273 e. The van der Waals surface area contributed by atoms with Gasteiger partial charge in [0.2, 0.25) is 0 Å². The van der Waals surface area contributed by atoms with E-state index in [4.69, 9.17) is 4.74 Å². The molecule has 100 valence electrons. The Hall–Kier alpha value is -1.62. The van der Waals surface area contributed by atoms with Crippen LogP contribution < -0.4 is 5.43 Å². The molecule has 5 nitrogen and oxygen atoms in total. The lowest BCUT2D eigenvalue weighted by atomic mass is 10.1. The molecule has 1 aromatic heterocycles. The van der Waals surface area contributed by atoms with Gasteiger partial charge in [0.05, 0.1) is 18.7 Å². The van der Waals surface area contributed by atoms with Crippen molar-refractivity contribution < 1.29 is 9.53 Å². The molecule has 3 aliphatic heterocycles. The third kappa shape index (κ3) is 1.23. The molecule has 0 bridgehead atoms. The summed E-state index contributed by atoms with van der Waals surface area (Å²) in [6.45, 7) is 4.33. The molecular formula is C14H16N2O3. The van der Waals surface area contributed by atoms with E-state index in [0.29, 0.717) is 17.9 Å². The van der Waals surface area contributed by atoms with Crippen LogP contribution in [0.25, 0.3) is 0 Å². The fraction of sp³-hybridized carbons (Fsp3) is 0.571. The molecule has 1 aromatic rings. The number of hydrogen-bond acceptors (Lipinski definition) is 3. The van der Waals surface area contributed by atoms with Crippen molar-refractivity contribution in [1.29, 1.82) is 0 Å². The van der Waals surface area contributed by atoms with Gasteiger partial charge in [0.1, 0.15) is 5.69 Å². The minimum absolute atomic E-state index is 0.0264. The molecule has 3 aliphatic rings. The highest BCUT2D eigenvalue weighted by Crippen LogP contribution is 2.40. The molecule has 5 heteroatoms. The number of rotatable bonds is 0. The van der Waals surface area contributed by atoms with Crippen LogP contribution in [0.4, 0.5) is 0 Å². The minimum atomic E-state index is -0.154. The van der Waals surface area contributed by atoms with Gasteiger partial charge in [-0.05, 0) is 26.7 Å². The Bertz CT molecular complexity index is 649. The molecule has 4 heterocycles. The lowest BCUT2D eigenvalue weighted by Gasteiger charge is -2.38. The normalized spacial score (nSPS) is 31.6. The van der Waals surface area contributed by atoms with Crippen LogP contribution in [0, 0.1) is 6.92 Å². The first-order chi connectivity index (χ1) is 9.09. The second kappa shape index (κ2) is 3.48. The fourth-order valence-corrected chi connectivity index (χ4v) is 3.68. The molecule has 1 saturated heterocycles. The molecule has 0 spiro atoms. The third-order valence-corrected chi connectivity index (χ3v) is 4.62. The topological polar surface area (TPSA) is 51.5 Å². The van der Waals surface area contributed by atoms with Crippen LogP contribution in [0.5, 0.6) is 0 Å². The molecule has 0 aromatic carbocycles. The van der Waals surface area contributed by atoms with Gasteiger partial charge in [-0.3, -0.25) is 9.59 Å². The van der Waals surface area contributed by atoms with Gasteiger partial charge in [-0.25, -0.2) is 0 Å². The van der Waals surface area contributed by atoms with Crippen molar-refractivity contribution in [3.8, 4) is 0 Å². The van der Waals surface area contributed by atoms with E-state index in [-0.39, 0.29) is 29.6 Å². The van der Waals surface area contributed by atoms with Crippen LogP contribution in [0.3, 0.4) is 0 Å². The van der Waals surface area contributed by atoms with Crippen molar-refractivity contribution in [2.75, 3.05) is 6.61 Å². The number of ether oxygens (including phenoxy) is 1.